The van der Waals surface area contributed by atoms with Crippen LogP contribution in [0.15, 0.2) is 0 Å². The summed E-state index contributed by atoms with van der Waals surface area (Å²) in [7, 11) is 0. The summed E-state index contributed by atoms with van der Waals surface area (Å²) in [4.78, 5) is 10.2. The van der Waals surface area contributed by atoms with E-state index in [1.54, 1.807) is 0 Å². The van der Waals surface area contributed by atoms with Gasteiger partial charge >= 0.3 is 12.1 Å². The van der Waals surface area contributed by atoms with Crippen LogP contribution in [0, 0.1) is 5.92 Å². The third kappa shape index (κ3) is 3.10. The van der Waals surface area contributed by atoms with Crippen molar-refractivity contribution >= 4 is 5.97 Å². The highest BCUT2D eigenvalue weighted by Gasteiger charge is 2.56. The van der Waals surface area contributed by atoms with Gasteiger partial charge in [-0.25, -0.2) is 0 Å². The molecule has 16 heavy (non-hydrogen) atoms. The van der Waals surface area contributed by atoms with Crippen LogP contribution in [-0.4, -0.2) is 28.0 Å². The average Bonchev–Trinajstić information content (AvgIpc) is 2.47. The second-order valence-corrected chi connectivity index (χ2v) is 4.42. The minimum Gasteiger partial charge on any atom is -0.481 e. The van der Waals surface area contributed by atoms with Crippen molar-refractivity contribution in [2.75, 3.05) is 0 Å². The Labute approximate surface area is 91.3 Å². The molecule has 0 radical (unpaired) electrons. The highest BCUT2D eigenvalue weighted by atomic mass is 19.4. The van der Waals surface area contributed by atoms with Gasteiger partial charge in [-0.1, -0.05) is 0 Å². The largest absolute Gasteiger partial charge is 0.481 e. The third-order valence-corrected chi connectivity index (χ3v) is 3.12. The van der Waals surface area contributed by atoms with Gasteiger partial charge in [0.1, 0.15) is 0 Å². The zero-order chi connectivity index (χ0) is 12.4. The summed E-state index contributed by atoms with van der Waals surface area (Å²) in [5.41, 5.74) is -2.55. The molecule has 0 heterocycles. The molecule has 0 aliphatic heterocycles. The number of carboxylic acids is 1. The molecule has 2 N–H and O–H groups in total. The standard InChI is InChI=1S/C10H15F3O3/c11-10(12,13)9(16)5-4-7(6-9)2-1-3-8(14)15/h7,16H,1-6H2,(H,14,15). The van der Waals surface area contributed by atoms with E-state index in [-0.39, 0.29) is 25.2 Å². The minimum absolute atomic E-state index is 0.0268. The van der Waals surface area contributed by atoms with Crippen LogP contribution in [-0.2, 0) is 4.79 Å². The van der Waals surface area contributed by atoms with Crippen LogP contribution >= 0.6 is 0 Å². The normalized spacial score (nSPS) is 30.6. The van der Waals surface area contributed by atoms with E-state index in [9.17, 15) is 23.1 Å². The number of carbonyl (C=O) groups is 1. The van der Waals surface area contributed by atoms with E-state index in [0.29, 0.717) is 19.3 Å². The Balaban J connectivity index is 2.38. The van der Waals surface area contributed by atoms with Crippen molar-refractivity contribution in [3.05, 3.63) is 0 Å². The van der Waals surface area contributed by atoms with Gasteiger partial charge in [-0.3, -0.25) is 4.79 Å². The molecule has 0 spiro atoms. The van der Waals surface area contributed by atoms with Gasteiger partial charge in [0.05, 0.1) is 0 Å². The Morgan fingerprint density at radius 2 is 2.06 bits per heavy atom. The van der Waals surface area contributed by atoms with Crippen LogP contribution in [0.3, 0.4) is 0 Å². The third-order valence-electron chi connectivity index (χ3n) is 3.12. The molecule has 0 saturated heterocycles. The second kappa shape index (κ2) is 4.61. The van der Waals surface area contributed by atoms with Crippen molar-refractivity contribution in [3.8, 4) is 0 Å². The maximum atomic E-state index is 12.4. The molecular weight excluding hydrogens is 225 g/mol. The molecule has 1 fully saturated rings. The summed E-state index contributed by atoms with van der Waals surface area (Å²) in [6.45, 7) is 0. The number of aliphatic hydroxyl groups is 1. The van der Waals surface area contributed by atoms with Crippen molar-refractivity contribution < 1.29 is 28.2 Å². The van der Waals surface area contributed by atoms with Gasteiger partial charge in [-0.05, 0) is 38.0 Å². The summed E-state index contributed by atoms with van der Waals surface area (Å²) in [6.07, 6.45) is -4.05. The first-order valence-electron chi connectivity index (χ1n) is 5.25. The van der Waals surface area contributed by atoms with Gasteiger partial charge in [0.15, 0.2) is 5.60 Å². The van der Waals surface area contributed by atoms with Gasteiger partial charge in [-0.15, -0.1) is 0 Å². The Morgan fingerprint density at radius 1 is 1.44 bits per heavy atom. The number of carboxylic acid groups (broad SMARTS) is 1. The number of alkyl halides is 3. The van der Waals surface area contributed by atoms with Gasteiger partial charge in [0.2, 0.25) is 0 Å². The van der Waals surface area contributed by atoms with Crippen molar-refractivity contribution in [1.29, 1.82) is 0 Å². The highest BCUT2D eigenvalue weighted by Crippen LogP contribution is 2.46. The lowest BCUT2D eigenvalue weighted by atomic mass is 9.96. The van der Waals surface area contributed by atoms with Crippen LogP contribution in [0.2, 0.25) is 0 Å². The maximum Gasteiger partial charge on any atom is 0.417 e. The zero-order valence-electron chi connectivity index (χ0n) is 8.76. The quantitative estimate of drug-likeness (QED) is 0.792. The fourth-order valence-electron chi connectivity index (χ4n) is 2.17. The molecule has 0 aromatic rings. The Morgan fingerprint density at radius 3 is 2.50 bits per heavy atom. The van der Waals surface area contributed by atoms with E-state index in [4.69, 9.17) is 5.11 Å². The lowest BCUT2D eigenvalue weighted by molar-refractivity contribution is -0.258. The summed E-state index contributed by atoms with van der Waals surface area (Å²) >= 11 is 0. The Hall–Kier alpha value is -0.780. The highest BCUT2D eigenvalue weighted by molar-refractivity contribution is 5.66. The number of hydrogen-bond acceptors (Lipinski definition) is 2. The zero-order valence-corrected chi connectivity index (χ0v) is 8.76. The van der Waals surface area contributed by atoms with Crippen LogP contribution in [0.5, 0.6) is 0 Å². The molecule has 2 atom stereocenters. The van der Waals surface area contributed by atoms with E-state index in [0.717, 1.165) is 0 Å². The monoisotopic (exact) mass is 240 g/mol. The van der Waals surface area contributed by atoms with Crippen LogP contribution in [0.1, 0.15) is 38.5 Å². The van der Waals surface area contributed by atoms with Crippen LogP contribution in [0.4, 0.5) is 13.2 Å². The van der Waals surface area contributed by atoms with E-state index in [1.807, 2.05) is 0 Å². The maximum absolute atomic E-state index is 12.4. The van der Waals surface area contributed by atoms with Crippen LogP contribution < -0.4 is 0 Å². The SMILES string of the molecule is O=C(O)CCCC1CCC(O)(C(F)(F)F)C1. The molecule has 0 amide bonds. The summed E-state index contributed by atoms with van der Waals surface area (Å²) < 4.78 is 37.3. The van der Waals surface area contributed by atoms with Crippen molar-refractivity contribution in [2.24, 2.45) is 5.92 Å². The van der Waals surface area contributed by atoms with Gasteiger partial charge in [0, 0.05) is 6.42 Å². The van der Waals surface area contributed by atoms with Gasteiger partial charge in [0.25, 0.3) is 0 Å². The average molecular weight is 240 g/mol. The van der Waals surface area contributed by atoms with E-state index >= 15 is 0 Å². The number of halogens is 3. The first-order chi connectivity index (χ1) is 7.24. The van der Waals surface area contributed by atoms with Gasteiger partial charge in [-0.2, -0.15) is 13.2 Å². The van der Waals surface area contributed by atoms with E-state index in [2.05, 4.69) is 0 Å². The molecule has 0 aromatic heterocycles. The predicted octanol–water partition coefficient (Wildman–Crippen LogP) is 2.33. The van der Waals surface area contributed by atoms with Crippen molar-refractivity contribution in [1.82, 2.24) is 0 Å². The van der Waals surface area contributed by atoms with Gasteiger partial charge < -0.3 is 10.2 Å². The number of rotatable bonds is 4. The van der Waals surface area contributed by atoms with Crippen molar-refractivity contribution in [3.63, 3.8) is 0 Å². The second-order valence-electron chi connectivity index (χ2n) is 4.42. The molecule has 3 nitrogen and oxygen atoms in total. The Kier molecular flexibility index (Phi) is 3.83. The molecule has 0 aromatic carbocycles. The lowest BCUT2D eigenvalue weighted by Crippen LogP contribution is -2.42. The number of hydrogen-bond donors (Lipinski definition) is 2. The first-order valence-corrected chi connectivity index (χ1v) is 5.25. The lowest BCUT2D eigenvalue weighted by Gasteiger charge is -2.25. The minimum atomic E-state index is -4.57. The molecule has 0 bridgehead atoms. The summed E-state index contributed by atoms with van der Waals surface area (Å²) in [6, 6.07) is 0. The molecular formula is C10H15F3O3. The van der Waals surface area contributed by atoms with E-state index < -0.39 is 17.7 Å². The predicted molar refractivity (Wildman–Crippen MR) is 49.8 cm³/mol. The molecule has 94 valence electrons. The number of aliphatic carboxylic acids is 1. The molecule has 1 aliphatic carbocycles. The summed E-state index contributed by atoms with van der Waals surface area (Å²) in [5.74, 6) is -1.16. The Bertz CT molecular complexity index is 265. The molecule has 6 heteroatoms. The van der Waals surface area contributed by atoms with Crippen LogP contribution in [0.25, 0.3) is 0 Å². The molecule has 1 rings (SSSR count). The fourth-order valence-corrected chi connectivity index (χ4v) is 2.17. The first kappa shape index (κ1) is 13.3. The summed E-state index contributed by atoms with van der Waals surface area (Å²) in [5, 5.41) is 17.8. The van der Waals surface area contributed by atoms with E-state index in [1.165, 1.54) is 0 Å². The molecule has 1 saturated carbocycles. The molecule has 1 aliphatic rings. The smallest absolute Gasteiger partial charge is 0.417 e. The molecule has 2 unspecified atom stereocenters. The van der Waals surface area contributed by atoms with Crippen molar-refractivity contribution in [2.45, 2.75) is 50.3 Å². The topological polar surface area (TPSA) is 57.5 Å². The fraction of sp³-hybridized carbons (Fsp3) is 0.900.